The number of ether oxygens (including phenoxy) is 3. The lowest BCUT2D eigenvalue weighted by molar-refractivity contribution is 0.408. The summed E-state index contributed by atoms with van der Waals surface area (Å²) in [5, 5.41) is 0. The number of rotatable bonds is 12. The van der Waals surface area contributed by atoms with Crippen molar-refractivity contribution in [2.75, 3.05) is 26.2 Å². The molecule has 0 fully saturated rings. The lowest BCUT2D eigenvalue weighted by atomic mass is 9.67. The van der Waals surface area contributed by atoms with Gasteiger partial charge in [-0.25, -0.2) is 0 Å². The summed E-state index contributed by atoms with van der Waals surface area (Å²) in [5.74, 6) is 2.06. The molecule has 0 N–H and O–H groups in total. The van der Waals surface area contributed by atoms with E-state index in [0.29, 0.717) is 17.2 Å². The van der Waals surface area contributed by atoms with Crippen LogP contribution in [0.4, 0.5) is 17.1 Å². The quantitative estimate of drug-likeness (QED) is 0.122. The number of hydrogen-bond donors (Lipinski definition) is 0. The van der Waals surface area contributed by atoms with Crippen LogP contribution in [0.5, 0.6) is 17.2 Å². The lowest BCUT2D eigenvalue weighted by Gasteiger charge is -2.37. The molecule has 0 spiro atoms. The van der Waals surface area contributed by atoms with Crippen molar-refractivity contribution >= 4 is 17.1 Å². The third-order valence-electron chi connectivity index (χ3n) is 18.0. The molecule has 3 aliphatic rings. The molecular formula is C78H57NO3. The van der Waals surface area contributed by atoms with Gasteiger partial charge in [-0.2, -0.15) is 0 Å². The van der Waals surface area contributed by atoms with Gasteiger partial charge in [0, 0.05) is 0 Å². The van der Waals surface area contributed by atoms with Crippen molar-refractivity contribution in [1.29, 1.82) is 0 Å². The first-order valence-electron chi connectivity index (χ1n) is 28.2. The molecule has 12 aromatic rings. The number of benzene rings is 12. The first kappa shape index (κ1) is 48.9. The third-order valence-corrected chi connectivity index (χ3v) is 18.0. The number of hydrogen-bond acceptors (Lipinski definition) is 4. The largest absolute Gasteiger partial charge is 0.495 e. The van der Waals surface area contributed by atoms with Crippen molar-refractivity contribution in [2.24, 2.45) is 0 Å². The van der Waals surface area contributed by atoms with E-state index in [2.05, 4.69) is 296 Å². The molecule has 82 heavy (non-hydrogen) atoms. The second kappa shape index (κ2) is 19.3. The monoisotopic (exact) mass is 1060 g/mol. The highest BCUT2D eigenvalue weighted by Crippen LogP contribution is 2.62. The number of fused-ring (bicyclic) bond motifs is 9. The van der Waals surface area contributed by atoms with E-state index in [1.807, 2.05) is 0 Å². The Hall–Kier alpha value is -10.2. The van der Waals surface area contributed by atoms with Crippen molar-refractivity contribution in [2.45, 2.75) is 16.2 Å². The SMILES string of the molecule is COc1cc(C2(c3ccccc3)c3ccccc3-c3ccccc32)ccc1N(c1ccc(C2(c3ccccc3)c3ccccc3-c3ccccc32)cc1OC)c1ccc(C2(c3ccccc3)c3ccccc3-c3ccccc32)cc1OC. The number of nitrogens with zero attached hydrogens (tertiary/aromatic N) is 1. The first-order valence-corrected chi connectivity index (χ1v) is 28.2. The maximum atomic E-state index is 6.76. The highest BCUT2D eigenvalue weighted by atomic mass is 16.5. The molecule has 0 amide bonds. The summed E-state index contributed by atoms with van der Waals surface area (Å²) in [4.78, 5) is 2.27. The van der Waals surface area contributed by atoms with E-state index in [9.17, 15) is 0 Å². The summed E-state index contributed by atoms with van der Waals surface area (Å²) in [5.41, 5.74) is 22.0. The van der Waals surface area contributed by atoms with Crippen LogP contribution in [0.2, 0.25) is 0 Å². The molecule has 4 heteroatoms. The zero-order valence-electron chi connectivity index (χ0n) is 45.9. The Morgan fingerprint density at radius 2 is 0.427 bits per heavy atom. The molecule has 0 saturated carbocycles. The fourth-order valence-electron chi connectivity index (χ4n) is 14.8. The molecule has 15 rings (SSSR count). The Kier molecular flexibility index (Phi) is 11.5. The van der Waals surface area contributed by atoms with Crippen molar-refractivity contribution < 1.29 is 14.2 Å². The van der Waals surface area contributed by atoms with E-state index < -0.39 is 16.2 Å². The Morgan fingerprint density at radius 3 is 0.646 bits per heavy atom. The minimum atomic E-state index is -0.650. The maximum absolute atomic E-state index is 6.76. The Labute approximate surface area is 479 Å². The zero-order chi connectivity index (χ0) is 55.0. The van der Waals surface area contributed by atoms with E-state index in [-0.39, 0.29) is 0 Å². The summed E-state index contributed by atoms with van der Waals surface area (Å²) in [7, 11) is 5.35. The van der Waals surface area contributed by atoms with E-state index in [4.69, 9.17) is 14.2 Å². The van der Waals surface area contributed by atoms with Crippen molar-refractivity contribution in [1.82, 2.24) is 0 Å². The fraction of sp³-hybridized carbons (Fsp3) is 0.0769. The molecule has 0 heterocycles. The van der Waals surface area contributed by atoms with Gasteiger partial charge < -0.3 is 14.2 Å². The van der Waals surface area contributed by atoms with Crippen LogP contribution in [-0.2, 0) is 16.2 Å². The Morgan fingerprint density at radius 1 is 0.220 bits per heavy atom. The summed E-state index contributed by atoms with van der Waals surface area (Å²) >= 11 is 0. The van der Waals surface area contributed by atoms with Gasteiger partial charge in [-0.05, 0) is 137 Å². The van der Waals surface area contributed by atoms with Crippen LogP contribution >= 0.6 is 0 Å². The molecule has 3 aliphatic carbocycles. The maximum Gasteiger partial charge on any atom is 0.143 e. The van der Waals surface area contributed by atoms with Gasteiger partial charge in [-0.1, -0.05) is 255 Å². The van der Waals surface area contributed by atoms with E-state index in [0.717, 1.165) is 33.8 Å². The normalized spacial score (nSPS) is 14.1. The lowest BCUT2D eigenvalue weighted by Crippen LogP contribution is -2.29. The van der Waals surface area contributed by atoms with Gasteiger partial charge in [-0.3, -0.25) is 4.90 Å². The van der Waals surface area contributed by atoms with Gasteiger partial charge in [0.05, 0.1) is 54.6 Å². The number of methoxy groups -OCH3 is 3. The van der Waals surface area contributed by atoms with Crippen molar-refractivity contribution in [3.8, 4) is 50.6 Å². The zero-order valence-corrected chi connectivity index (χ0v) is 45.9. The molecule has 0 aliphatic heterocycles. The topological polar surface area (TPSA) is 30.9 Å². The van der Waals surface area contributed by atoms with Gasteiger partial charge in [-0.15, -0.1) is 0 Å². The summed E-state index contributed by atoms with van der Waals surface area (Å²) < 4.78 is 20.3. The molecular weight excluding hydrogens is 999 g/mol. The van der Waals surface area contributed by atoms with Gasteiger partial charge in [0.2, 0.25) is 0 Å². The highest BCUT2D eigenvalue weighted by Gasteiger charge is 2.50. The summed E-state index contributed by atoms with van der Waals surface area (Å²) in [6.45, 7) is 0. The fourth-order valence-corrected chi connectivity index (χ4v) is 14.8. The van der Waals surface area contributed by atoms with Gasteiger partial charge in [0.15, 0.2) is 0 Å². The van der Waals surface area contributed by atoms with Crippen LogP contribution in [0, 0.1) is 0 Å². The van der Waals surface area contributed by atoms with Crippen LogP contribution in [-0.4, -0.2) is 21.3 Å². The molecule has 4 nitrogen and oxygen atoms in total. The highest BCUT2D eigenvalue weighted by molar-refractivity contribution is 5.93. The van der Waals surface area contributed by atoms with E-state index in [1.165, 1.54) is 83.5 Å². The Balaban J connectivity index is 0.989. The van der Waals surface area contributed by atoms with E-state index >= 15 is 0 Å². The van der Waals surface area contributed by atoms with Crippen molar-refractivity contribution in [3.63, 3.8) is 0 Å². The van der Waals surface area contributed by atoms with Gasteiger partial charge in [0.1, 0.15) is 17.2 Å². The second-order valence-electron chi connectivity index (χ2n) is 21.6. The molecule has 0 saturated heterocycles. The minimum absolute atomic E-state index is 0.650. The molecule has 0 atom stereocenters. The van der Waals surface area contributed by atoms with Crippen molar-refractivity contribution in [3.05, 3.63) is 358 Å². The van der Waals surface area contributed by atoms with Crippen LogP contribution < -0.4 is 19.1 Å². The third kappa shape index (κ3) is 6.79. The summed E-state index contributed by atoms with van der Waals surface area (Å²) in [6, 6.07) is 106. The van der Waals surface area contributed by atoms with Crippen LogP contribution in [0.15, 0.2) is 291 Å². The van der Waals surface area contributed by atoms with E-state index in [1.54, 1.807) is 21.3 Å². The second-order valence-corrected chi connectivity index (χ2v) is 21.6. The number of anilines is 3. The average molecular weight is 1060 g/mol. The molecule has 0 aromatic heterocycles. The summed E-state index contributed by atoms with van der Waals surface area (Å²) in [6.07, 6.45) is 0. The molecule has 0 radical (unpaired) electrons. The average Bonchev–Trinajstić information content (AvgIpc) is 2.66. The standard InChI is InChI=1S/C78H57NO3/c1-80-73-49-55(76(52-25-7-4-8-26-52)64-37-19-13-31-58(64)59-32-14-20-38-65(59)76)43-46-70(73)79(71-47-44-56(50-74(71)81-2)77(53-27-9-5-10-28-53)66-39-21-15-33-60(66)61-34-16-22-40-67(61)77)72-48-45-57(51-75(72)82-3)78(54-29-11-6-12-30-54)68-41-23-17-35-62(68)63-36-18-24-42-69(63)78/h4-51H,1-3H3. The predicted molar refractivity (Wildman–Crippen MR) is 333 cm³/mol. The van der Waals surface area contributed by atoms with Gasteiger partial charge >= 0.3 is 0 Å². The molecule has 0 bridgehead atoms. The Bertz CT molecular complexity index is 3840. The van der Waals surface area contributed by atoms with Gasteiger partial charge in [0.25, 0.3) is 0 Å². The smallest absolute Gasteiger partial charge is 0.143 e. The first-order chi connectivity index (χ1) is 40.6. The molecule has 12 aromatic carbocycles. The van der Waals surface area contributed by atoms with Crippen LogP contribution in [0.1, 0.15) is 66.8 Å². The predicted octanol–water partition coefficient (Wildman–Crippen LogP) is 18.3. The van der Waals surface area contributed by atoms with Crippen LogP contribution in [0.3, 0.4) is 0 Å². The molecule has 0 unspecified atom stereocenters. The molecule has 392 valence electrons. The minimum Gasteiger partial charge on any atom is -0.495 e. The van der Waals surface area contributed by atoms with Crippen LogP contribution in [0.25, 0.3) is 33.4 Å².